The van der Waals surface area contributed by atoms with E-state index in [0.29, 0.717) is 44.5 Å². The van der Waals surface area contributed by atoms with Crippen LogP contribution < -0.4 is 0 Å². The summed E-state index contributed by atoms with van der Waals surface area (Å²) in [6, 6.07) is 24.1. The predicted octanol–water partition coefficient (Wildman–Crippen LogP) is 5.41. The van der Waals surface area contributed by atoms with E-state index in [-0.39, 0.29) is 23.1 Å². The molecule has 0 fully saturated rings. The molecule has 2 aliphatic rings. The quantitative estimate of drug-likeness (QED) is 0.338. The molecule has 0 aromatic heterocycles. The first kappa shape index (κ1) is 19.9. The van der Waals surface area contributed by atoms with Crippen molar-refractivity contribution in [1.29, 1.82) is 0 Å². The number of hydrogen-bond acceptors (Lipinski definition) is 4. The second-order valence-electron chi connectivity index (χ2n) is 8.35. The Labute approximate surface area is 195 Å². The molecule has 0 saturated carbocycles. The molecule has 0 aliphatic heterocycles. The highest BCUT2D eigenvalue weighted by molar-refractivity contribution is 6.29. The van der Waals surface area contributed by atoms with Gasteiger partial charge in [0.05, 0.1) is 0 Å². The van der Waals surface area contributed by atoms with Gasteiger partial charge in [0.15, 0.2) is 23.1 Å². The van der Waals surface area contributed by atoms with E-state index >= 15 is 0 Å². The minimum atomic E-state index is -0.169. The third-order valence-corrected chi connectivity index (χ3v) is 6.37. The van der Waals surface area contributed by atoms with Gasteiger partial charge < -0.3 is 0 Å². The van der Waals surface area contributed by atoms with Crippen molar-refractivity contribution < 1.29 is 19.2 Å². The molecule has 160 valence electrons. The van der Waals surface area contributed by atoms with E-state index in [1.54, 1.807) is 84.9 Å². The van der Waals surface area contributed by atoms with E-state index in [9.17, 15) is 19.2 Å². The van der Waals surface area contributed by atoms with Crippen LogP contribution in [0.2, 0.25) is 0 Å². The molecule has 0 heterocycles. The first-order valence-electron chi connectivity index (χ1n) is 10.9. The summed E-state index contributed by atoms with van der Waals surface area (Å²) in [5.41, 5.74) is 4.77. The van der Waals surface area contributed by atoms with E-state index in [2.05, 4.69) is 0 Å². The third-order valence-electron chi connectivity index (χ3n) is 6.37. The fraction of sp³-hybridized carbons (Fsp3) is 0. The highest BCUT2D eigenvalue weighted by Gasteiger charge is 2.30. The van der Waals surface area contributed by atoms with Gasteiger partial charge in [-0.25, -0.2) is 0 Å². The van der Waals surface area contributed by atoms with Crippen LogP contribution in [-0.4, -0.2) is 23.1 Å². The molecule has 0 amide bonds. The van der Waals surface area contributed by atoms with Crippen LogP contribution in [0.1, 0.15) is 74.8 Å². The van der Waals surface area contributed by atoms with Crippen molar-refractivity contribution in [2.75, 3.05) is 0 Å². The number of fused-ring (bicyclic) bond motifs is 4. The van der Waals surface area contributed by atoms with Gasteiger partial charge >= 0.3 is 0 Å². The minimum Gasteiger partial charge on any atom is -0.289 e. The maximum atomic E-state index is 13.0. The lowest BCUT2D eigenvalue weighted by Crippen LogP contribution is -2.20. The molecule has 2 aliphatic carbocycles. The summed E-state index contributed by atoms with van der Waals surface area (Å²) < 4.78 is 0. The molecule has 4 heteroatoms. The molecule has 0 radical (unpaired) electrons. The lowest BCUT2D eigenvalue weighted by molar-refractivity contribution is 0.0979. The number of hydrogen-bond donors (Lipinski definition) is 0. The van der Waals surface area contributed by atoms with Crippen LogP contribution >= 0.6 is 0 Å². The Morgan fingerprint density at radius 3 is 1.00 bits per heavy atom. The zero-order valence-electron chi connectivity index (χ0n) is 17.9. The monoisotopic (exact) mass is 440 g/mol. The fourth-order valence-corrected chi connectivity index (χ4v) is 4.63. The normalized spacial score (nSPS) is 14.0. The Kier molecular flexibility index (Phi) is 4.36. The number of carbonyl (C=O) groups excluding carboxylic acids is 4. The second-order valence-corrected chi connectivity index (χ2v) is 8.35. The lowest BCUT2D eigenvalue weighted by atomic mass is 9.83. The molecular weight excluding hydrogens is 424 g/mol. The fourth-order valence-electron chi connectivity index (χ4n) is 4.63. The molecule has 0 atom stereocenters. The van der Waals surface area contributed by atoms with Crippen LogP contribution in [0.5, 0.6) is 0 Å². The Bertz CT molecular complexity index is 1500. The first-order valence-corrected chi connectivity index (χ1v) is 10.9. The average Bonchev–Trinajstić information content (AvgIpc) is 2.89. The maximum Gasteiger partial charge on any atom is 0.194 e. The van der Waals surface area contributed by atoms with Crippen LogP contribution in [0.25, 0.3) is 12.2 Å². The maximum absolute atomic E-state index is 13.0. The first-order chi connectivity index (χ1) is 16.5. The molecule has 0 unspecified atom stereocenters. The van der Waals surface area contributed by atoms with Crippen molar-refractivity contribution in [3.05, 3.63) is 141 Å². The molecule has 0 saturated heterocycles. The van der Waals surface area contributed by atoms with Crippen molar-refractivity contribution in [2.24, 2.45) is 0 Å². The average molecular weight is 440 g/mol. The molecule has 4 aromatic rings. The Morgan fingerprint density at radius 1 is 0.353 bits per heavy atom. The van der Waals surface area contributed by atoms with Gasteiger partial charge in [0, 0.05) is 44.5 Å². The molecule has 6 rings (SSSR count). The Balaban J connectivity index is 1.34. The highest BCUT2D eigenvalue weighted by atomic mass is 16.1. The zero-order chi connectivity index (χ0) is 23.4. The Hall–Kier alpha value is -4.70. The van der Waals surface area contributed by atoms with Gasteiger partial charge in [0.25, 0.3) is 0 Å². The number of ketones is 4. The van der Waals surface area contributed by atoms with Crippen molar-refractivity contribution >= 4 is 35.3 Å². The number of rotatable bonds is 2. The summed E-state index contributed by atoms with van der Waals surface area (Å²) >= 11 is 0. The van der Waals surface area contributed by atoms with Gasteiger partial charge in [0.1, 0.15) is 0 Å². The standard InChI is InChI=1S/C30H16O4/c31-27-19-5-1-3-7-21(19)29(33)25-15-17(11-13-23(25)27)9-10-18-12-14-24-26(16-18)30(34)22-8-4-2-6-20(22)28(24)32/h1-16H/b10-9+. The van der Waals surface area contributed by atoms with Gasteiger partial charge in [-0.05, 0) is 35.4 Å². The summed E-state index contributed by atoms with van der Waals surface area (Å²) in [5.74, 6) is -0.647. The molecular formula is C30H16O4. The largest absolute Gasteiger partial charge is 0.289 e. The van der Waals surface area contributed by atoms with Gasteiger partial charge in [-0.2, -0.15) is 0 Å². The number of benzene rings is 4. The van der Waals surface area contributed by atoms with Crippen LogP contribution in [-0.2, 0) is 0 Å². The van der Waals surface area contributed by atoms with Crippen LogP contribution in [0.3, 0.4) is 0 Å². The van der Waals surface area contributed by atoms with Gasteiger partial charge in [0.2, 0.25) is 0 Å². The van der Waals surface area contributed by atoms with Crippen LogP contribution in [0, 0.1) is 0 Å². The van der Waals surface area contributed by atoms with E-state index in [0.717, 1.165) is 11.1 Å². The molecule has 4 aromatic carbocycles. The minimum absolute atomic E-state index is 0.154. The summed E-state index contributed by atoms with van der Waals surface area (Å²) in [6.45, 7) is 0. The summed E-state index contributed by atoms with van der Waals surface area (Å²) in [4.78, 5) is 51.5. The van der Waals surface area contributed by atoms with E-state index < -0.39 is 0 Å². The Morgan fingerprint density at radius 2 is 0.647 bits per heavy atom. The molecule has 0 N–H and O–H groups in total. The van der Waals surface area contributed by atoms with Gasteiger partial charge in [-0.15, -0.1) is 0 Å². The predicted molar refractivity (Wildman–Crippen MR) is 128 cm³/mol. The lowest BCUT2D eigenvalue weighted by Gasteiger charge is -2.18. The van der Waals surface area contributed by atoms with Crippen LogP contribution in [0.4, 0.5) is 0 Å². The van der Waals surface area contributed by atoms with Gasteiger partial charge in [-0.3, -0.25) is 19.2 Å². The van der Waals surface area contributed by atoms with Crippen LogP contribution in [0.15, 0.2) is 84.9 Å². The highest BCUT2D eigenvalue weighted by Crippen LogP contribution is 2.30. The SMILES string of the molecule is O=C1c2ccccc2C(=O)c2cc(/C=C/c3ccc4c(c3)C(=O)c3ccccc3C4=O)ccc21. The summed E-state index contributed by atoms with van der Waals surface area (Å²) in [5, 5.41) is 0. The topological polar surface area (TPSA) is 68.3 Å². The van der Waals surface area contributed by atoms with Gasteiger partial charge in [-0.1, -0.05) is 72.8 Å². The van der Waals surface area contributed by atoms with E-state index in [1.165, 1.54) is 0 Å². The molecule has 4 nitrogen and oxygen atoms in total. The van der Waals surface area contributed by atoms with E-state index in [4.69, 9.17) is 0 Å². The molecule has 0 spiro atoms. The molecule has 0 bridgehead atoms. The smallest absolute Gasteiger partial charge is 0.194 e. The summed E-state index contributed by atoms with van der Waals surface area (Å²) in [7, 11) is 0. The summed E-state index contributed by atoms with van der Waals surface area (Å²) in [6.07, 6.45) is 3.65. The van der Waals surface area contributed by atoms with Crippen molar-refractivity contribution in [2.45, 2.75) is 0 Å². The molecule has 34 heavy (non-hydrogen) atoms. The number of carbonyl (C=O) groups is 4. The second kappa shape index (κ2) is 7.42. The third kappa shape index (κ3) is 2.93. The van der Waals surface area contributed by atoms with Crippen molar-refractivity contribution in [1.82, 2.24) is 0 Å². The van der Waals surface area contributed by atoms with Crippen molar-refractivity contribution in [3.63, 3.8) is 0 Å². The zero-order valence-corrected chi connectivity index (χ0v) is 17.9. The van der Waals surface area contributed by atoms with E-state index in [1.807, 2.05) is 12.2 Å². The van der Waals surface area contributed by atoms with Crippen molar-refractivity contribution in [3.8, 4) is 0 Å².